The molecule has 1 aromatic rings. The van der Waals surface area contributed by atoms with Gasteiger partial charge in [0.25, 0.3) is 0 Å². The Morgan fingerprint density at radius 3 is 2.41 bits per heavy atom. The zero-order chi connectivity index (χ0) is 12.2. The zero-order valence-electron chi connectivity index (χ0n) is 8.80. The standard InChI is InChI=1S/C9H6F3N3S.Na/c10-9(11,12)6-3-1-2-4-7(6)15-8(16)14-5-13;/h1-4H,(H2,14,15,16);. The molecule has 0 aliphatic rings. The van der Waals surface area contributed by atoms with Gasteiger partial charge in [-0.05, 0) is 24.4 Å². The Balaban J connectivity index is 0.00000256. The normalized spacial score (nSPS) is 9.76. The Kier molecular flexibility index (Phi) is 6.49. The van der Waals surface area contributed by atoms with Crippen molar-refractivity contribution in [2.45, 2.75) is 6.18 Å². The van der Waals surface area contributed by atoms with E-state index in [-0.39, 0.29) is 40.4 Å². The van der Waals surface area contributed by atoms with Gasteiger partial charge in [-0.15, -0.1) is 0 Å². The summed E-state index contributed by atoms with van der Waals surface area (Å²) in [7, 11) is 0. The molecular formula is C9H6F3N3NaS. The number of para-hydroxylation sites is 1. The molecule has 85 valence electrons. The Morgan fingerprint density at radius 1 is 1.29 bits per heavy atom. The first kappa shape index (κ1) is 16.2. The fraction of sp³-hybridized carbons (Fsp3) is 0.111. The summed E-state index contributed by atoms with van der Waals surface area (Å²) >= 11 is 4.61. The van der Waals surface area contributed by atoms with Gasteiger partial charge < -0.3 is 5.32 Å². The van der Waals surface area contributed by atoms with Crippen LogP contribution in [-0.4, -0.2) is 34.7 Å². The van der Waals surface area contributed by atoms with Crippen LogP contribution < -0.4 is 10.6 Å². The van der Waals surface area contributed by atoms with Crippen LogP contribution in [-0.2, 0) is 6.18 Å². The van der Waals surface area contributed by atoms with Gasteiger partial charge in [0.15, 0.2) is 11.3 Å². The molecule has 1 rings (SSSR count). The van der Waals surface area contributed by atoms with Crippen LogP contribution in [0, 0.1) is 11.5 Å². The Bertz CT molecular complexity index is 442. The van der Waals surface area contributed by atoms with Gasteiger partial charge in [-0.3, -0.25) is 5.32 Å². The zero-order valence-corrected chi connectivity index (χ0v) is 11.6. The van der Waals surface area contributed by atoms with Crippen LogP contribution in [0.25, 0.3) is 0 Å². The smallest absolute Gasteiger partial charge is 0.331 e. The predicted octanol–water partition coefficient (Wildman–Crippen LogP) is 2.09. The Morgan fingerprint density at radius 2 is 1.88 bits per heavy atom. The molecule has 3 nitrogen and oxygen atoms in total. The monoisotopic (exact) mass is 268 g/mol. The minimum atomic E-state index is -4.47. The van der Waals surface area contributed by atoms with Crippen LogP contribution in [0.5, 0.6) is 0 Å². The van der Waals surface area contributed by atoms with Gasteiger partial charge in [-0.2, -0.15) is 18.4 Å². The fourth-order valence-electron chi connectivity index (χ4n) is 1.04. The number of hydrogen-bond donors (Lipinski definition) is 2. The molecule has 0 saturated heterocycles. The first-order chi connectivity index (χ1) is 7.45. The number of nitrogens with zero attached hydrogens (tertiary/aromatic N) is 1. The average Bonchev–Trinajstić information content (AvgIpc) is 2.17. The minimum absolute atomic E-state index is 0. The average molecular weight is 268 g/mol. The Labute approximate surface area is 123 Å². The van der Waals surface area contributed by atoms with Gasteiger partial charge >= 0.3 is 6.18 Å². The van der Waals surface area contributed by atoms with Crippen LogP contribution in [0.4, 0.5) is 18.9 Å². The van der Waals surface area contributed by atoms with Crippen LogP contribution in [0.15, 0.2) is 24.3 Å². The first-order valence-electron chi connectivity index (χ1n) is 4.07. The number of benzene rings is 1. The van der Waals surface area contributed by atoms with Crippen molar-refractivity contribution in [2.75, 3.05) is 5.32 Å². The van der Waals surface area contributed by atoms with Crippen LogP contribution in [0.1, 0.15) is 5.56 Å². The number of halogens is 3. The topological polar surface area (TPSA) is 47.9 Å². The van der Waals surface area contributed by atoms with Gasteiger partial charge in [0.2, 0.25) is 0 Å². The summed E-state index contributed by atoms with van der Waals surface area (Å²) in [5, 5.41) is 12.4. The van der Waals surface area contributed by atoms with Crippen LogP contribution in [0.3, 0.4) is 0 Å². The van der Waals surface area contributed by atoms with E-state index in [1.165, 1.54) is 24.4 Å². The van der Waals surface area contributed by atoms with E-state index < -0.39 is 11.7 Å². The predicted molar refractivity (Wildman–Crippen MR) is 62.2 cm³/mol. The molecular weight excluding hydrogens is 262 g/mol. The molecule has 0 bridgehead atoms. The number of hydrogen-bond acceptors (Lipinski definition) is 2. The third-order valence-electron chi connectivity index (χ3n) is 1.65. The van der Waals surface area contributed by atoms with E-state index in [0.717, 1.165) is 6.07 Å². The molecule has 17 heavy (non-hydrogen) atoms. The van der Waals surface area contributed by atoms with E-state index in [0.29, 0.717) is 0 Å². The van der Waals surface area contributed by atoms with E-state index in [1.54, 1.807) is 0 Å². The van der Waals surface area contributed by atoms with E-state index in [1.807, 2.05) is 5.32 Å². The van der Waals surface area contributed by atoms with E-state index >= 15 is 0 Å². The maximum absolute atomic E-state index is 12.5. The summed E-state index contributed by atoms with van der Waals surface area (Å²) in [6.07, 6.45) is -2.96. The van der Waals surface area contributed by atoms with Crippen LogP contribution in [0.2, 0.25) is 0 Å². The van der Waals surface area contributed by atoms with Gasteiger partial charge in [0.05, 0.1) is 11.3 Å². The second kappa shape index (κ2) is 6.81. The molecule has 0 unspecified atom stereocenters. The number of rotatable bonds is 1. The van der Waals surface area contributed by atoms with Crippen molar-refractivity contribution in [3.8, 4) is 6.19 Å². The number of thiocarbonyl (C=S) groups is 1. The number of alkyl halides is 3. The second-order valence-electron chi connectivity index (χ2n) is 2.73. The van der Waals surface area contributed by atoms with Crippen molar-refractivity contribution < 1.29 is 13.2 Å². The summed E-state index contributed by atoms with van der Waals surface area (Å²) in [4.78, 5) is 0. The summed E-state index contributed by atoms with van der Waals surface area (Å²) in [5.41, 5.74) is -1.03. The van der Waals surface area contributed by atoms with Crippen molar-refractivity contribution in [1.29, 1.82) is 5.26 Å². The summed E-state index contributed by atoms with van der Waals surface area (Å²) in [6.45, 7) is 0. The molecule has 1 aromatic carbocycles. The van der Waals surface area contributed by atoms with Crippen molar-refractivity contribution >= 4 is 52.6 Å². The van der Waals surface area contributed by atoms with Gasteiger partial charge in [-0.25, -0.2) is 0 Å². The number of anilines is 1. The molecule has 0 heterocycles. The maximum atomic E-state index is 12.5. The van der Waals surface area contributed by atoms with E-state index in [2.05, 4.69) is 17.5 Å². The summed E-state index contributed by atoms with van der Waals surface area (Å²) < 4.78 is 37.5. The van der Waals surface area contributed by atoms with Crippen molar-refractivity contribution in [2.24, 2.45) is 0 Å². The molecule has 0 aliphatic carbocycles. The van der Waals surface area contributed by atoms with E-state index in [4.69, 9.17) is 5.26 Å². The maximum Gasteiger partial charge on any atom is 0.418 e. The quantitative estimate of drug-likeness (QED) is 0.354. The molecule has 0 amide bonds. The molecule has 2 N–H and O–H groups in total. The largest absolute Gasteiger partial charge is 0.418 e. The molecule has 1 radical (unpaired) electrons. The third kappa shape index (κ3) is 4.91. The third-order valence-corrected chi connectivity index (χ3v) is 1.85. The number of nitrogens with one attached hydrogen (secondary N) is 2. The molecule has 0 aromatic heterocycles. The van der Waals surface area contributed by atoms with Crippen LogP contribution >= 0.6 is 12.2 Å². The van der Waals surface area contributed by atoms with E-state index in [9.17, 15) is 13.2 Å². The molecule has 8 heteroatoms. The summed E-state index contributed by atoms with van der Waals surface area (Å²) in [6, 6.07) is 4.87. The van der Waals surface area contributed by atoms with Gasteiger partial charge in [0, 0.05) is 29.6 Å². The van der Waals surface area contributed by atoms with Gasteiger partial charge in [0.1, 0.15) is 0 Å². The number of nitriles is 1. The van der Waals surface area contributed by atoms with Crippen molar-refractivity contribution in [1.82, 2.24) is 5.32 Å². The molecule has 0 fully saturated rings. The van der Waals surface area contributed by atoms with Crippen molar-refractivity contribution in [3.63, 3.8) is 0 Å². The Hall–Kier alpha value is -0.810. The first-order valence-corrected chi connectivity index (χ1v) is 4.48. The minimum Gasteiger partial charge on any atom is -0.331 e. The van der Waals surface area contributed by atoms with Crippen molar-refractivity contribution in [3.05, 3.63) is 29.8 Å². The molecule has 0 spiro atoms. The summed E-state index contributed by atoms with van der Waals surface area (Å²) in [5.74, 6) is 0. The SMILES string of the molecule is N#CNC(=S)Nc1ccccc1C(F)(F)F.[Na]. The van der Waals surface area contributed by atoms with Gasteiger partial charge in [-0.1, -0.05) is 12.1 Å². The molecule has 0 aliphatic heterocycles. The second-order valence-corrected chi connectivity index (χ2v) is 3.14. The molecule has 0 atom stereocenters. The molecule has 0 saturated carbocycles. The fourth-order valence-corrected chi connectivity index (χ4v) is 1.20.